The van der Waals surface area contributed by atoms with Gasteiger partial charge < -0.3 is 10.0 Å². The molecule has 1 N–H and O–H groups in total. The quantitative estimate of drug-likeness (QED) is 0.315. The number of hydrogen-bond acceptors (Lipinski definition) is 2. The normalized spacial score (nSPS) is 19.4. The van der Waals surface area contributed by atoms with E-state index in [0.29, 0.717) is 0 Å². The van der Waals surface area contributed by atoms with Crippen LogP contribution in [-0.4, -0.2) is 35.1 Å². The topological polar surface area (TPSA) is 26.5 Å². The number of aliphatic hydroxyl groups is 1. The van der Waals surface area contributed by atoms with E-state index < -0.39 is 0 Å². The zero-order valence-corrected chi connectivity index (χ0v) is 22.1. The molecule has 0 radical (unpaired) electrons. The van der Waals surface area contributed by atoms with Gasteiger partial charge in [0.1, 0.15) is 0 Å². The number of anilines is 1. The highest BCUT2D eigenvalue weighted by Crippen LogP contribution is 2.47. The van der Waals surface area contributed by atoms with Crippen molar-refractivity contribution in [3.63, 3.8) is 0 Å². The van der Waals surface area contributed by atoms with E-state index in [1.165, 1.54) is 46.8 Å². The molecule has 2 aliphatic rings. The summed E-state index contributed by atoms with van der Waals surface area (Å²) < 4.78 is 2.37. The first-order valence-electron chi connectivity index (χ1n) is 13.1. The second-order valence-electron chi connectivity index (χ2n) is 10.7. The molecule has 2 aromatic carbocycles. The Morgan fingerprint density at radius 1 is 0.857 bits per heavy atom. The molecule has 0 unspecified atom stereocenters. The van der Waals surface area contributed by atoms with Gasteiger partial charge in [-0.15, -0.1) is 0 Å². The van der Waals surface area contributed by atoms with Gasteiger partial charge in [0.05, 0.1) is 5.41 Å². The molecule has 2 heterocycles. The van der Waals surface area contributed by atoms with E-state index in [-0.39, 0.29) is 17.4 Å². The van der Waals surface area contributed by atoms with Gasteiger partial charge in [0.25, 0.3) is 0 Å². The molecule has 0 bridgehead atoms. The summed E-state index contributed by atoms with van der Waals surface area (Å²) in [7, 11) is 0. The Hall–Kier alpha value is -2.91. The molecular formula is C32H41N2O+. The number of unbranched alkanes of at least 4 members (excludes halogenated alkanes) is 1. The smallest absolute Gasteiger partial charge is 0.209 e. The largest absolute Gasteiger partial charge is 0.396 e. The molecule has 0 aromatic heterocycles. The molecule has 4 rings (SSSR count). The Bertz CT molecular complexity index is 1180. The minimum absolute atomic E-state index is 0.0106. The first-order valence-corrected chi connectivity index (χ1v) is 13.1. The van der Waals surface area contributed by atoms with Crippen LogP contribution < -0.4 is 4.90 Å². The van der Waals surface area contributed by atoms with E-state index in [0.717, 1.165) is 19.5 Å². The van der Waals surface area contributed by atoms with Gasteiger partial charge in [0.2, 0.25) is 5.69 Å². The van der Waals surface area contributed by atoms with E-state index >= 15 is 0 Å². The average molecular weight is 470 g/mol. The monoisotopic (exact) mass is 469 g/mol. The van der Waals surface area contributed by atoms with E-state index in [1.54, 1.807) is 0 Å². The Labute approximate surface area is 211 Å². The summed E-state index contributed by atoms with van der Waals surface area (Å²) in [6.45, 7) is 13.6. The lowest BCUT2D eigenvalue weighted by molar-refractivity contribution is -0.438. The molecule has 0 amide bonds. The molecule has 3 heteroatoms. The summed E-state index contributed by atoms with van der Waals surface area (Å²) >= 11 is 0. The molecule has 184 valence electrons. The van der Waals surface area contributed by atoms with Crippen LogP contribution in [0.5, 0.6) is 0 Å². The first kappa shape index (κ1) is 25.2. The van der Waals surface area contributed by atoms with Crippen LogP contribution in [0, 0.1) is 0 Å². The summed E-state index contributed by atoms with van der Waals surface area (Å²) in [4.78, 5) is 2.51. The average Bonchev–Trinajstić information content (AvgIpc) is 3.20. The van der Waals surface area contributed by atoms with Crippen molar-refractivity contribution < 1.29 is 9.68 Å². The molecule has 0 spiro atoms. The number of benzene rings is 2. The lowest BCUT2D eigenvalue weighted by Crippen LogP contribution is -2.28. The number of rotatable bonds is 9. The van der Waals surface area contributed by atoms with Crippen LogP contribution in [0.15, 0.2) is 84.6 Å². The van der Waals surface area contributed by atoms with Crippen molar-refractivity contribution in [1.82, 2.24) is 0 Å². The van der Waals surface area contributed by atoms with Crippen molar-refractivity contribution in [3.8, 4) is 0 Å². The molecule has 0 saturated carbocycles. The molecule has 2 aromatic rings. The summed E-state index contributed by atoms with van der Waals surface area (Å²) in [5, 5.41) is 9.45. The standard InChI is InChI=1S/C32H41N2O/c1-6-7-22-33-27-18-13-11-16-25(27)31(2,3)29(33)20-9-8-10-21-30-32(4,5)26-17-12-14-19-28(26)34(30)23-15-24-35/h8-14,16-21,35H,6-7,15,22-24H2,1-5H3/q+1. The van der Waals surface area contributed by atoms with Crippen molar-refractivity contribution in [3.05, 3.63) is 95.7 Å². The fraction of sp³-hybridized carbons (Fsp3) is 0.406. The second-order valence-corrected chi connectivity index (χ2v) is 10.7. The highest BCUT2D eigenvalue weighted by Gasteiger charge is 2.43. The predicted octanol–water partition coefficient (Wildman–Crippen LogP) is 7.04. The lowest BCUT2D eigenvalue weighted by atomic mass is 9.81. The van der Waals surface area contributed by atoms with E-state index in [2.05, 4.69) is 123 Å². The predicted molar refractivity (Wildman–Crippen MR) is 149 cm³/mol. The van der Waals surface area contributed by atoms with Gasteiger partial charge in [-0.1, -0.05) is 81.8 Å². The molecule has 0 saturated heterocycles. The van der Waals surface area contributed by atoms with Gasteiger partial charge in [-0.05, 0) is 38.0 Å². The highest BCUT2D eigenvalue weighted by molar-refractivity contribution is 6.03. The summed E-state index contributed by atoms with van der Waals surface area (Å²) in [6.07, 6.45) is 14.2. The summed E-state index contributed by atoms with van der Waals surface area (Å²) in [5.41, 5.74) is 7.93. The molecule has 35 heavy (non-hydrogen) atoms. The Morgan fingerprint density at radius 2 is 1.57 bits per heavy atom. The lowest BCUT2D eigenvalue weighted by Gasteiger charge is -2.27. The fourth-order valence-corrected chi connectivity index (χ4v) is 5.67. The van der Waals surface area contributed by atoms with Crippen LogP contribution in [0.25, 0.3) is 0 Å². The maximum Gasteiger partial charge on any atom is 0.209 e. The zero-order chi connectivity index (χ0) is 25.1. The van der Waals surface area contributed by atoms with Gasteiger partial charge in [0, 0.05) is 54.1 Å². The van der Waals surface area contributed by atoms with Gasteiger partial charge >= 0.3 is 0 Å². The zero-order valence-electron chi connectivity index (χ0n) is 22.1. The molecule has 3 nitrogen and oxygen atoms in total. The van der Waals surface area contributed by atoms with E-state index in [4.69, 9.17) is 0 Å². The Morgan fingerprint density at radius 3 is 2.31 bits per heavy atom. The van der Waals surface area contributed by atoms with Crippen molar-refractivity contribution >= 4 is 17.1 Å². The minimum Gasteiger partial charge on any atom is -0.396 e. The number of nitrogens with zero attached hydrogens (tertiary/aromatic N) is 2. The maximum atomic E-state index is 9.45. The van der Waals surface area contributed by atoms with Gasteiger partial charge in [0.15, 0.2) is 12.3 Å². The Kier molecular flexibility index (Phi) is 7.47. The van der Waals surface area contributed by atoms with Crippen LogP contribution in [0.4, 0.5) is 11.4 Å². The van der Waals surface area contributed by atoms with Crippen LogP contribution in [-0.2, 0) is 10.8 Å². The number of fused-ring (bicyclic) bond motifs is 2. The van der Waals surface area contributed by atoms with Crippen molar-refractivity contribution in [2.45, 2.75) is 64.7 Å². The molecular weight excluding hydrogens is 428 g/mol. The van der Waals surface area contributed by atoms with Crippen LogP contribution in [0.1, 0.15) is 65.0 Å². The maximum absolute atomic E-state index is 9.45. The van der Waals surface area contributed by atoms with E-state index in [9.17, 15) is 5.11 Å². The first-order chi connectivity index (χ1) is 16.8. The van der Waals surface area contributed by atoms with Crippen molar-refractivity contribution in [1.29, 1.82) is 0 Å². The molecule has 0 fully saturated rings. The SMILES string of the molecule is CCCCN1/C(=C/C=C/C=C/C2=[N+](CCCO)c3ccccc3C2(C)C)C(C)(C)c2ccccc21. The third kappa shape index (κ3) is 4.67. The van der Waals surface area contributed by atoms with Gasteiger partial charge in [-0.3, -0.25) is 0 Å². The summed E-state index contributed by atoms with van der Waals surface area (Å²) in [6, 6.07) is 17.5. The van der Waals surface area contributed by atoms with Crippen LogP contribution in [0.3, 0.4) is 0 Å². The molecule has 2 aliphatic heterocycles. The summed E-state index contributed by atoms with van der Waals surface area (Å²) in [5.74, 6) is 0. The van der Waals surface area contributed by atoms with Crippen molar-refractivity contribution in [2.24, 2.45) is 0 Å². The molecule has 0 aliphatic carbocycles. The fourth-order valence-electron chi connectivity index (χ4n) is 5.67. The number of hydrogen-bond donors (Lipinski definition) is 1. The van der Waals surface area contributed by atoms with Crippen LogP contribution in [0.2, 0.25) is 0 Å². The van der Waals surface area contributed by atoms with E-state index in [1.807, 2.05) is 0 Å². The number of para-hydroxylation sites is 2. The van der Waals surface area contributed by atoms with Crippen molar-refractivity contribution in [2.75, 3.05) is 24.6 Å². The Balaban J connectivity index is 1.61. The van der Waals surface area contributed by atoms with Gasteiger partial charge in [-0.2, -0.15) is 4.58 Å². The third-order valence-corrected chi connectivity index (χ3v) is 7.60. The third-order valence-electron chi connectivity index (χ3n) is 7.60. The highest BCUT2D eigenvalue weighted by atomic mass is 16.3. The van der Waals surface area contributed by atoms with Crippen LogP contribution >= 0.6 is 0 Å². The van der Waals surface area contributed by atoms with Gasteiger partial charge in [-0.25, -0.2) is 0 Å². The number of allylic oxidation sites excluding steroid dienone is 6. The number of aliphatic hydroxyl groups excluding tert-OH is 1. The molecule has 0 atom stereocenters. The second kappa shape index (κ2) is 10.4. The minimum atomic E-state index is -0.0686.